The highest BCUT2D eigenvalue weighted by molar-refractivity contribution is 6.24. The van der Waals surface area contributed by atoms with Gasteiger partial charge in [0.2, 0.25) is 11.8 Å². The van der Waals surface area contributed by atoms with E-state index in [9.17, 15) is 19.2 Å². The van der Waals surface area contributed by atoms with E-state index in [0.29, 0.717) is 43.3 Å². The molecule has 4 amide bonds. The summed E-state index contributed by atoms with van der Waals surface area (Å²) >= 11 is 0. The molecule has 9 nitrogen and oxygen atoms in total. The summed E-state index contributed by atoms with van der Waals surface area (Å²) in [6.07, 6.45) is 3.12. The van der Waals surface area contributed by atoms with Crippen LogP contribution in [0, 0.1) is 5.92 Å². The predicted octanol–water partition coefficient (Wildman–Crippen LogP) is 0.418. The molecule has 0 bridgehead atoms. The Morgan fingerprint density at radius 2 is 1.91 bits per heavy atom. The maximum atomic E-state index is 13.4. The summed E-state index contributed by atoms with van der Waals surface area (Å²) in [4.78, 5) is 53.8. The van der Waals surface area contributed by atoms with Crippen molar-refractivity contribution in [3.05, 3.63) is 34.9 Å². The van der Waals surface area contributed by atoms with Crippen LogP contribution in [-0.2, 0) is 20.9 Å². The van der Waals surface area contributed by atoms with Gasteiger partial charge in [0.1, 0.15) is 6.04 Å². The third-order valence-corrected chi connectivity index (χ3v) is 7.49. The number of hydrogen-bond donors (Lipinski definition) is 2. The van der Waals surface area contributed by atoms with Gasteiger partial charge in [0.15, 0.2) is 0 Å². The summed E-state index contributed by atoms with van der Waals surface area (Å²) in [5, 5.41) is 2.24. The maximum Gasteiger partial charge on any atom is 0.262 e. The fraction of sp³-hybridized carbons (Fsp3) is 0.565. The summed E-state index contributed by atoms with van der Waals surface area (Å²) in [7, 11) is 0. The van der Waals surface area contributed by atoms with Crippen LogP contribution < -0.4 is 11.1 Å². The molecule has 4 aliphatic rings. The number of ether oxygens (including phenoxy) is 1. The van der Waals surface area contributed by atoms with Gasteiger partial charge in [-0.2, -0.15) is 0 Å². The quantitative estimate of drug-likeness (QED) is 0.651. The molecule has 32 heavy (non-hydrogen) atoms. The maximum absolute atomic E-state index is 13.4. The minimum absolute atomic E-state index is 0.0000231. The van der Waals surface area contributed by atoms with Crippen LogP contribution in [0.15, 0.2) is 18.2 Å². The van der Waals surface area contributed by atoms with Crippen LogP contribution in [0.1, 0.15) is 58.4 Å². The Labute approximate surface area is 186 Å². The number of piperidine rings is 1. The molecule has 2 atom stereocenters. The van der Waals surface area contributed by atoms with Gasteiger partial charge >= 0.3 is 0 Å². The molecule has 0 radical (unpaired) electrons. The molecule has 3 fully saturated rings. The van der Waals surface area contributed by atoms with E-state index in [0.717, 1.165) is 36.3 Å². The highest BCUT2D eigenvalue weighted by atomic mass is 16.5. The van der Waals surface area contributed by atoms with E-state index < -0.39 is 23.8 Å². The van der Waals surface area contributed by atoms with Gasteiger partial charge in [0, 0.05) is 38.3 Å². The van der Waals surface area contributed by atoms with Crippen LogP contribution >= 0.6 is 0 Å². The number of fused-ring (bicyclic) bond motifs is 1. The van der Waals surface area contributed by atoms with Gasteiger partial charge in [-0.15, -0.1) is 0 Å². The summed E-state index contributed by atoms with van der Waals surface area (Å²) in [6, 6.07) is 4.37. The first-order chi connectivity index (χ1) is 15.4. The SMILES string of the molecule is NCC1CN(Cc2cccc3c2C(=O)N(C2CCC(=O)NC2=O)C3=O)C2(CCOCC2)C1. The standard InChI is InChI=1S/C23H28N4O5/c24-11-14-10-23(6-8-32-9-7-23)26(12-14)13-15-2-1-3-16-19(15)22(31)27(21(16)30)17-4-5-18(28)25-20(17)29/h1-3,14,17H,4-13,24H2,(H,25,28,29). The predicted molar refractivity (Wildman–Crippen MR) is 113 cm³/mol. The first-order valence-electron chi connectivity index (χ1n) is 11.3. The lowest BCUT2D eigenvalue weighted by Gasteiger charge is -2.41. The van der Waals surface area contributed by atoms with Gasteiger partial charge in [0.25, 0.3) is 11.8 Å². The number of rotatable bonds is 4. The molecule has 4 aliphatic heterocycles. The Balaban J connectivity index is 1.44. The molecular weight excluding hydrogens is 412 g/mol. The average molecular weight is 441 g/mol. The fourth-order valence-electron chi connectivity index (χ4n) is 5.82. The average Bonchev–Trinajstić information content (AvgIpc) is 3.24. The normalized spacial score (nSPS) is 27.8. The highest BCUT2D eigenvalue weighted by Crippen LogP contribution is 2.42. The molecule has 1 aromatic carbocycles. The first-order valence-corrected chi connectivity index (χ1v) is 11.3. The van der Waals surface area contributed by atoms with E-state index >= 15 is 0 Å². The smallest absolute Gasteiger partial charge is 0.262 e. The Morgan fingerprint density at radius 1 is 1.12 bits per heavy atom. The molecule has 5 rings (SSSR count). The lowest BCUT2D eigenvalue weighted by molar-refractivity contribution is -0.136. The van der Waals surface area contributed by atoms with Crippen molar-refractivity contribution < 1.29 is 23.9 Å². The minimum atomic E-state index is -0.955. The van der Waals surface area contributed by atoms with Gasteiger partial charge in [-0.1, -0.05) is 12.1 Å². The zero-order valence-electron chi connectivity index (χ0n) is 18.0. The van der Waals surface area contributed by atoms with E-state index in [2.05, 4.69) is 10.2 Å². The van der Waals surface area contributed by atoms with Crippen molar-refractivity contribution in [3.8, 4) is 0 Å². The van der Waals surface area contributed by atoms with Gasteiger partial charge in [-0.25, -0.2) is 0 Å². The molecular formula is C23H28N4O5. The number of hydrogen-bond acceptors (Lipinski definition) is 7. The van der Waals surface area contributed by atoms with E-state index in [1.807, 2.05) is 6.07 Å². The zero-order chi connectivity index (χ0) is 22.5. The van der Waals surface area contributed by atoms with E-state index in [-0.39, 0.29) is 24.3 Å². The summed E-state index contributed by atoms with van der Waals surface area (Å²) < 4.78 is 5.60. The molecule has 3 N–H and O–H groups in total. The lowest BCUT2D eigenvalue weighted by Crippen LogP contribution is -2.54. The number of nitrogens with one attached hydrogen (secondary N) is 1. The van der Waals surface area contributed by atoms with E-state index in [4.69, 9.17) is 10.5 Å². The molecule has 3 saturated heterocycles. The minimum Gasteiger partial charge on any atom is -0.381 e. The second-order valence-electron chi connectivity index (χ2n) is 9.31. The Bertz CT molecular complexity index is 987. The van der Waals surface area contributed by atoms with Crippen LogP contribution in [0.3, 0.4) is 0 Å². The van der Waals surface area contributed by atoms with Crippen LogP contribution in [0.4, 0.5) is 0 Å². The molecule has 170 valence electrons. The van der Waals surface area contributed by atoms with Crippen molar-refractivity contribution in [1.82, 2.24) is 15.1 Å². The molecule has 4 heterocycles. The Kier molecular flexibility index (Phi) is 5.35. The number of benzene rings is 1. The number of imide groups is 2. The van der Waals surface area contributed by atoms with Gasteiger partial charge in [-0.3, -0.25) is 34.3 Å². The molecule has 0 aliphatic carbocycles. The topological polar surface area (TPSA) is 122 Å². The Hall–Kier alpha value is -2.62. The number of amides is 4. The number of carbonyl (C=O) groups is 4. The largest absolute Gasteiger partial charge is 0.381 e. The number of carbonyl (C=O) groups excluding carboxylic acids is 4. The lowest BCUT2D eigenvalue weighted by atomic mass is 9.84. The molecule has 1 aromatic rings. The third-order valence-electron chi connectivity index (χ3n) is 7.49. The summed E-state index contributed by atoms with van der Waals surface area (Å²) in [5.74, 6) is -1.51. The van der Waals surface area contributed by atoms with E-state index in [1.54, 1.807) is 12.1 Å². The first kappa shape index (κ1) is 21.2. The summed E-state index contributed by atoms with van der Waals surface area (Å²) in [6.45, 7) is 3.43. The molecule has 2 unspecified atom stereocenters. The van der Waals surface area contributed by atoms with Crippen molar-refractivity contribution in [2.75, 3.05) is 26.3 Å². The number of likely N-dealkylation sites (tertiary alicyclic amines) is 1. The van der Waals surface area contributed by atoms with Gasteiger partial charge in [0.05, 0.1) is 11.1 Å². The van der Waals surface area contributed by atoms with Gasteiger partial charge < -0.3 is 10.5 Å². The summed E-state index contributed by atoms with van der Waals surface area (Å²) in [5.41, 5.74) is 7.50. The second-order valence-corrected chi connectivity index (χ2v) is 9.31. The van der Waals surface area contributed by atoms with Crippen molar-refractivity contribution in [1.29, 1.82) is 0 Å². The zero-order valence-corrected chi connectivity index (χ0v) is 18.0. The second kappa shape index (κ2) is 8.06. The van der Waals surface area contributed by atoms with Crippen LogP contribution in [0.25, 0.3) is 0 Å². The van der Waals surface area contributed by atoms with Crippen LogP contribution in [-0.4, -0.2) is 71.3 Å². The van der Waals surface area contributed by atoms with Crippen molar-refractivity contribution in [3.63, 3.8) is 0 Å². The van der Waals surface area contributed by atoms with Crippen LogP contribution in [0.2, 0.25) is 0 Å². The van der Waals surface area contributed by atoms with Crippen molar-refractivity contribution in [2.24, 2.45) is 11.7 Å². The van der Waals surface area contributed by atoms with E-state index in [1.165, 1.54) is 0 Å². The van der Waals surface area contributed by atoms with Crippen molar-refractivity contribution in [2.45, 2.75) is 50.2 Å². The molecule has 9 heteroatoms. The highest BCUT2D eigenvalue weighted by Gasteiger charge is 2.48. The third kappa shape index (κ3) is 3.35. The molecule has 0 aromatic heterocycles. The van der Waals surface area contributed by atoms with Crippen LogP contribution in [0.5, 0.6) is 0 Å². The Morgan fingerprint density at radius 3 is 2.62 bits per heavy atom. The number of nitrogens with zero attached hydrogens (tertiary/aromatic N) is 2. The molecule has 0 saturated carbocycles. The molecule has 1 spiro atoms. The number of nitrogens with two attached hydrogens (primary N) is 1. The van der Waals surface area contributed by atoms with Crippen molar-refractivity contribution >= 4 is 23.6 Å². The fourth-order valence-corrected chi connectivity index (χ4v) is 5.82. The van der Waals surface area contributed by atoms with Gasteiger partial charge in [-0.05, 0) is 49.8 Å². The monoisotopic (exact) mass is 440 g/mol.